The first-order valence-electron chi connectivity index (χ1n) is 4.44. The molecule has 1 heterocycles. The summed E-state index contributed by atoms with van der Waals surface area (Å²) in [4.78, 5) is 0. The molecular weight excluding hydrogens is 174 g/mol. The summed E-state index contributed by atoms with van der Waals surface area (Å²) in [6.07, 6.45) is 3.69. The molecule has 2 N–H and O–H groups in total. The highest BCUT2D eigenvalue weighted by Crippen LogP contribution is 2.24. The van der Waals surface area contributed by atoms with Crippen LogP contribution in [0.2, 0.25) is 0 Å². The van der Waals surface area contributed by atoms with Crippen LogP contribution in [0, 0.1) is 6.92 Å². The molecule has 0 spiro atoms. The van der Waals surface area contributed by atoms with E-state index in [1.54, 1.807) is 6.08 Å². The van der Waals surface area contributed by atoms with Crippen molar-refractivity contribution in [2.45, 2.75) is 13.8 Å². The average Bonchev–Trinajstić information content (AvgIpc) is 2.50. The molecular formula is C12H15NO. The van der Waals surface area contributed by atoms with Gasteiger partial charge in [0.15, 0.2) is 5.76 Å². The highest BCUT2D eigenvalue weighted by Gasteiger charge is 2.09. The van der Waals surface area contributed by atoms with E-state index in [0.717, 1.165) is 16.9 Å². The van der Waals surface area contributed by atoms with Crippen molar-refractivity contribution < 1.29 is 4.42 Å². The van der Waals surface area contributed by atoms with Crippen LogP contribution in [0.4, 0.5) is 0 Å². The highest BCUT2D eigenvalue weighted by atomic mass is 16.3. The zero-order valence-corrected chi connectivity index (χ0v) is 8.63. The van der Waals surface area contributed by atoms with Crippen molar-refractivity contribution in [3.63, 3.8) is 0 Å². The minimum atomic E-state index is 0.452. The van der Waals surface area contributed by atoms with Gasteiger partial charge in [-0.15, -0.1) is 0 Å². The molecule has 74 valence electrons. The Morgan fingerprint density at radius 1 is 1.57 bits per heavy atom. The zero-order valence-electron chi connectivity index (χ0n) is 8.63. The van der Waals surface area contributed by atoms with Crippen LogP contribution < -0.4 is 5.73 Å². The molecule has 0 radical (unpaired) electrons. The zero-order chi connectivity index (χ0) is 10.7. The minimum Gasteiger partial charge on any atom is -0.454 e. The Morgan fingerprint density at radius 2 is 2.21 bits per heavy atom. The highest BCUT2D eigenvalue weighted by molar-refractivity contribution is 5.72. The van der Waals surface area contributed by atoms with Crippen molar-refractivity contribution in [1.29, 1.82) is 0 Å². The molecule has 0 aliphatic rings. The molecule has 1 rings (SSSR count). The van der Waals surface area contributed by atoms with Crippen LogP contribution in [0.25, 0.3) is 11.3 Å². The summed E-state index contributed by atoms with van der Waals surface area (Å²) in [6, 6.07) is 1.93. The van der Waals surface area contributed by atoms with Gasteiger partial charge in [-0.25, -0.2) is 0 Å². The molecule has 1 aromatic heterocycles. The molecule has 0 saturated carbocycles. The third-order valence-electron chi connectivity index (χ3n) is 2.02. The van der Waals surface area contributed by atoms with E-state index in [1.165, 1.54) is 0 Å². The summed E-state index contributed by atoms with van der Waals surface area (Å²) >= 11 is 0. The average molecular weight is 189 g/mol. The first-order chi connectivity index (χ1) is 6.60. The lowest BCUT2D eigenvalue weighted by atomic mass is 10.1. The van der Waals surface area contributed by atoms with Gasteiger partial charge in [0, 0.05) is 5.57 Å². The maximum absolute atomic E-state index is 5.58. The van der Waals surface area contributed by atoms with Crippen molar-refractivity contribution in [2.24, 2.45) is 5.73 Å². The molecule has 14 heavy (non-hydrogen) atoms. The normalized spacial score (nSPS) is 11.4. The Morgan fingerprint density at radius 3 is 2.57 bits per heavy atom. The number of furan rings is 1. The van der Waals surface area contributed by atoms with Gasteiger partial charge in [-0.2, -0.15) is 0 Å². The lowest BCUT2D eigenvalue weighted by molar-refractivity contribution is 0.538. The fraction of sp³-hybridized carbons (Fsp3) is 0.167. The summed E-state index contributed by atoms with van der Waals surface area (Å²) in [5.74, 6) is 1.43. The lowest BCUT2D eigenvalue weighted by Gasteiger charge is -1.96. The monoisotopic (exact) mass is 189 g/mol. The molecule has 0 amide bonds. The van der Waals surface area contributed by atoms with Crippen molar-refractivity contribution in [2.75, 3.05) is 0 Å². The topological polar surface area (TPSA) is 39.2 Å². The Hall–Kier alpha value is -1.70. The smallest absolute Gasteiger partial charge is 0.152 e. The first kappa shape index (κ1) is 10.4. The number of allylic oxidation sites excluding steroid dienone is 3. The molecule has 2 heteroatoms. The Labute approximate surface area is 84.4 Å². The number of aryl methyl sites for hydroxylation is 1. The number of hydrogen-bond donors (Lipinski definition) is 1. The second kappa shape index (κ2) is 4.01. The van der Waals surface area contributed by atoms with E-state index in [0.29, 0.717) is 11.5 Å². The predicted octanol–water partition coefficient (Wildman–Crippen LogP) is 3.11. The van der Waals surface area contributed by atoms with Crippen LogP contribution in [-0.4, -0.2) is 0 Å². The van der Waals surface area contributed by atoms with Gasteiger partial charge in [0.1, 0.15) is 5.76 Å². The SMILES string of the molecule is C=C/C(=C\C)c1cc(C)c(C(=C)N)o1. The van der Waals surface area contributed by atoms with E-state index >= 15 is 0 Å². The van der Waals surface area contributed by atoms with Crippen molar-refractivity contribution >= 4 is 11.3 Å². The second-order valence-corrected chi connectivity index (χ2v) is 3.10. The van der Waals surface area contributed by atoms with E-state index in [1.807, 2.05) is 26.0 Å². The summed E-state index contributed by atoms with van der Waals surface area (Å²) in [7, 11) is 0. The van der Waals surface area contributed by atoms with E-state index in [9.17, 15) is 0 Å². The molecule has 0 aliphatic heterocycles. The molecule has 1 aromatic rings. The van der Waals surface area contributed by atoms with Gasteiger partial charge in [-0.1, -0.05) is 25.3 Å². The molecule has 2 nitrogen and oxygen atoms in total. The molecule has 0 atom stereocenters. The fourth-order valence-corrected chi connectivity index (χ4v) is 1.30. The van der Waals surface area contributed by atoms with E-state index in [-0.39, 0.29) is 0 Å². The van der Waals surface area contributed by atoms with Gasteiger partial charge >= 0.3 is 0 Å². The van der Waals surface area contributed by atoms with E-state index in [4.69, 9.17) is 10.2 Å². The van der Waals surface area contributed by atoms with Gasteiger partial charge in [-0.05, 0) is 25.5 Å². The van der Waals surface area contributed by atoms with Gasteiger partial charge in [0.2, 0.25) is 0 Å². The maximum atomic E-state index is 5.58. The number of hydrogen-bond acceptors (Lipinski definition) is 2. The summed E-state index contributed by atoms with van der Waals surface area (Å²) in [5.41, 5.74) is 7.98. The molecule has 0 aliphatic carbocycles. The predicted molar refractivity (Wildman–Crippen MR) is 60.5 cm³/mol. The van der Waals surface area contributed by atoms with E-state index < -0.39 is 0 Å². The number of nitrogens with two attached hydrogens (primary N) is 1. The lowest BCUT2D eigenvalue weighted by Crippen LogP contribution is -1.92. The largest absolute Gasteiger partial charge is 0.454 e. The summed E-state index contributed by atoms with van der Waals surface area (Å²) in [6.45, 7) is 11.2. The third-order valence-corrected chi connectivity index (χ3v) is 2.02. The third kappa shape index (κ3) is 1.79. The first-order valence-corrected chi connectivity index (χ1v) is 4.44. The maximum Gasteiger partial charge on any atom is 0.152 e. The van der Waals surface area contributed by atoms with E-state index in [2.05, 4.69) is 13.2 Å². The Kier molecular flexibility index (Phi) is 2.97. The molecule has 0 saturated heterocycles. The quantitative estimate of drug-likeness (QED) is 0.742. The van der Waals surface area contributed by atoms with Crippen molar-refractivity contribution in [1.82, 2.24) is 0 Å². The van der Waals surface area contributed by atoms with Gasteiger partial charge < -0.3 is 10.2 Å². The van der Waals surface area contributed by atoms with Crippen LogP contribution >= 0.6 is 0 Å². The van der Waals surface area contributed by atoms with Gasteiger partial charge in [0.05, 0.1) is 5.70 Å². The van der Waals surface area contributed by atoms with Crippen LogP contribution in [0.15, 0.2) is 35.8 Å². The van der Waals surface area contributed by atoms with Crippen LogP contribution in [-0.2, 0) is 0 Å². The molecule has 0 unspecified atom stereocenters. The number of rotatable bonds is 3. The van der Waals surface area contributed by atoms with Crippen LogP contribution in [0.5, 0.6) is 0 Å². The van der Waals surface area contributed by atoms with Crippen molar-refractivity contribution in [3.05, 3.63) is 48.5 Å². The van der Waals surface area contributed by atoms with Gasteiger partial charge in [0.25, 0.3) is 0 Å². The molecule has 0 fully saturated rings. The molecule has 0 aromatic carbocycles. The summed E-state index contributed by atoms with van der Waals surface area (Å²) in [5, 5.41) is 0. The Bertz CT molecular complexity index is 396. The minimum absolute atomic E-state index is 0.452. The second-order valence-electron chi connectivity index (χ2n) is 3.10. The van der Waals surface area contributed by atoms with Crippen LogP contribution in [0.1, 0.15) is 24.0 Å². The van der Waals surface area contributed by atoms with Crippen LogP contribution in [0.3, 0.4) is 0 Å². The van der Waals surface area contributed by atoms with Gasteiger partial charge in [-0.3, -0.25) is 0 Å². The molecule has 0 bridgehead atoms. The summed E-state index contributed by atoms with van der Waals surface area (Å²) < 4.78 is 5.56. The standard InChI is InChI=1S/C12H15NO/c1-5-10(6-2)11-7-8(3)12(14-11)9(4)13/h5-7H,1,4,13H2,2-3H3/b10-6+. The fourth-order valence-electron chi connectivity index (χ4n) is 1.30. The van der Waals surface area contributed by atoms with Crippen molar-refractivity contribution in [3.8, 4) is 0 Å². The Balaban J connectivity index is 3.20.